The van der Waals surface area contributed by atoms with Crippen LogP contribution in [0.2, 0.25) is 0 Å². The first-order valence-corrected chi connectivity index (χ1v) is 9.96. The van der Waals surface area contributed by atoms with Crippen LogP contribution in [0.25, 0.3) is 0 Å². The summed E-state index contributed by atoms with van der Waals surface area (Å²) in [5, 5.41) is 0. The average Bonchev–Trinajstić information content (AvgIpc) is 2.77. The van der Waals surface area contributed by atoms with E-state index in [-0.39, 0.29) is 0 Å². The first-order valence-electron chi connectivity index (χ1n) is 9.96. The summed E-state index contributed by atoms with van der Waals surface area (Å²) in [5.74, 6) is 2.09. The second-order valence-electron chi connectivity index (χ2n) is 7.25. The van der Waals surface area contributed by atoms with E-state index in [0.717, 1.165) is 50.6 Å². The van der Waals surface area contributed by atoms with Crippen molar-refractivity contribution >= 4 is 0 Å². The van der Waals surface area contributed by atoms with Gasteiger partial charge in [-0.15, -0.1) is 0 Å². The molecule has 5 heteroatoms. The summed E-state index contributed by atoms with van der Waals surface area (Å²) in [6.45, 7) is 7.74. The van der Waals surface area contributed by atoms with Crippen LogP contribution in [-0.2, 0) is 6.42 Å². The van der Waals surface area contributed by atoms with Crippen molar-refractivity contribution in [3.8, 4) is 17.2 Å². The molecule has 0 unspecified atom stereocenters. The Bertz CT molecular complexity index is 718. The Balaban J connectivity index is 1.54. The molecule has 0 spiro atoms. The third kappa shape index (κ3) is 4.78. The van der Waals surface area contributed by atoms with Crippen molar-refractivity contribution in [3.63, 3.8) is 0 Å². The number of hydrogen-bond donors (Lipinski definition) is 0. The van der Waals surface area contributed by atoms with Gasteiger partial charge in [-0.25, -0.2) is 0 Å². The zero-order chi connectivity index (χ0) is 19.9. The van der Waals surface area contributed by atoms with Crippen LogP contribution in [0.5, 0.6) is 17.2 Å². The molecule has 1 saturated heterocycles. The summed E-state index contributed by atoms with van der Waals surface area (Å²) < 4.78 is 16.3. The van der Waals surface area contributed by atoms with Gasteiger partial charge in [0.1, 0.15) is 0 Å². The van der Waals surface area contributed by atoms with Gasteiger partial charge in [-0.05, 0) is 36.6 Å². The van der Waals surface area contributed by atoms with Crippen LogP contribution in [0.3, 0.4) is 0 Å². The summed E-state index contributed by atoms with van der Waals surface area (Å²) in [6.07, 6.45) is 0.963. The van der Waals surface area contributed by atoms with Crippen LogP contribution >= 0.6 is 0 Å². The number of rotatable bonds is 8. The van der Waals surface area contributed by atoms with E-state index in [9.17, 15) is 0 Å². The first-order chi connectivity index (χ1) is 13.7. The molecule has 0 radical (unpaired) electrons. The summed E-state index contributed by atoms with van der Waals surface area (Å²) in [6, 6.07) is 15.3. The van der Waals surface area contributed by atoms with Crippen molar-refractivity contribution in [2.45, 2.75) is 19.4 Å². The van der Waals surface area contributed by atoms with Gasteiger partial charge in [0.25, 0.3) is 0 Å². The fourth-order valence-electron chi connectivity index (χ4n) is 3.88. The van der Waals surface area contributed by atoms with Gasteiger partial charge < -0.3 is 19.1 Å². The molecule has 0 amide bonds. The molecule has 28 heavy (non-hydrogen) atoms. The number of benzene rings is 2. The van der Waals surface area contributed by atoms with Gasteiger partial charge in [0.15, 0.2) is 11.5 Å². The van der Waals surface area contributed by atoms with Crippen molar-refractivity contribution in [1.82, 2.24) is 9.80 Å². The maximum atomic E-state index is 5.47. The Morgan fingerprint density at radius 2 is 1.46 bits per heavy atom. The van der Waals surface area contributed by atoms with E-state index < -0.39 is 0 Å². The van der Waals surface area contributed by atoms with Crippen molar-refractivity contribution < 1.29 is 14.2 Å². The summed E-state index contributed by atoms with van der Waals surface area (Å²) >= 11 is 0. The molecular weight excluding hydrogens is 352 g/mol. The van der Waals surface area contributed by atoms with E-state index in [0.29, 0.717) is 11.8 Å². The summed E-state index contributed by atoms with van der Waals surface area (Å²) in [5.41, 5.74) is 2.60. The van der Waals surface area contributed by atoms with Crippen LogP contribution < -0.4 is 14.2 Å². The van der Waals surface area contributed by atoms with Crippen molar-refractivity contribution in [3.05, 3.63) is 53.6 Å². The molecule has 1 aliphatic rings. The fraction of sp³-hybridized carbons (Fsp3) is 0.478. The second kappa shape index (κ2) is 9.80. The third-order valence-corrected chi connectivity index (χ3v) is 5.68. The number of methoxy groups -OCH3 is 3. The molecule has 1 fully saturated rings. The molecule has 0 saturated carbocycles. The summed E-state index contributed by atoms with van der Waals surface area (Å²) in [4.78, 5) is 5.11. The molecule has 3 rings (SSSR count). The number of hydrogen-bond acceptors (Lipinski definition) is 5. The molecule has 5 nitrogen and oxygen atoms in total. The number of piperazine rings is 1. The minimum absolute atomic E-state index is 0.471. The summed E-state index contributed by atoms with van der Waals surface area (Å²) in [7, 11) is 4.96. The van der Waals surface area contributed by atoms with Crippen LogP contribution in [0.4, 0.5) is 0 Å². The lowest BCUT2D eigenvalue weighted by molar-refractivity contribution is 0.103. The first kappa shape index (κ1) is 20.5. The van der Waals surface area contributed by atoms with Gasteiger partial charge in [0.05, 0.1) is 21.3 Å². The highest BCUT2D eigenvalue weighted by Crippen LogP contribution is 2.38. The molecule has 152 valence electrons. The Labute approximate surface area is 168 Å². The highest BCUT2D eigenvalue weighted by molar-refractivity contribution is 5.53. The molecule has 1 atom stereocenters. The standard InChI is InChI=1S/C23H32N2O3/c1-18(20-8-6-5-7-9-20)25-14-12-24(13-15-25)11-10-19-16-21(26-2)23(28-4)22(17-19)27-3/h5-9,16-18H,10-15H2,1-4H3/t18-/m0/s1. The molecule has 0 N–H and O–H groups in total. The predicted octanol–water partition coefficient (Wildman–Crippen LogP) is 3.63. The molecule has 2 aromatic carbocycles. The van der Waals surface area contributed by atoms with Crippen LogP contribution in [0.1, 0.15) is 24.1 Å². The van der Waals surface area contributed by atoms with E-state index in [1.807, 2.05) is 0 Å². The van der Waals surface area contributed by atoms with Crippen molar-refractivity contribution in [2.75, 3.05) is 54.1 Å². The Hall–Kier alpha value is -2.24. The quantitative estimate of drug-likeness (QED) is 0.694. The van der Waals surface area contributed by atoms with Gasteiger partial charge in [-0.3, -0.25) is 4.90 Å². The molecule has 0 aromatic heterocycles. The zero-order valence-corrected chi connectivity index (χ0v) is 17.5. The van der Waals surface area contributed by atoms with E-state index >= 15 is 0 Å². The van der Waals surface area contributed by atoms with Crippen molar-refractivity contribution in [1.29, 1.82) is 0 Å². The van der Waals surface area contributed by atoms with E-state index in [1.165, 1.54) is 11.1 Å². The lowest BCUT2D eigenvalue weighted by atomic mass is 10.1. The van der Waals surface area contributed by atoms with Gasteiger partial charge in [0.2, 0.25) is 5.75 Å². The highest BCUT2D eigenvalue weighted by atomic mass is 16.5. The Morgan fingerprint density at radius 1 is 0.857 bits per heavy atom. The molecule has 0 aliphatic carbocycles. The topological polar surface area (TPSA) is 34.2 Å². The normalized spacial score (nSPS) is 16.6. The van der Waals surface area contributed by atoms with Crippen LogP contribution in [0, 0.1) is 0 Å². The van der Waals surface area contributed by atoms with Crippen LogP contribution in [-0.4, -0.2) is 63.9 Å². The Kier molecular flexibility index (Phi) is 7.18. The second-order valence-corrected chi connectivity index (χ2v) is 7.25. The number of nitrogens with zero attached hydrogens (tertiary/aromatic N) is 2. The monoisotopic (exact) mass is 384 g/mol. The van der Waals surface area contributed by atoms with Gasteiger partial charge >= 0.3 is 0 Å². The van der Waals surface area contributed by atoms with E-state index in [2.05, 4.69) is 59.2 Å². The minimum Gasteiger partial charge on any atom is -0.493 e. The lowest BCUT2D eigenvalue weighted by Crippen LogP contribution is -2.47. The van der Waals surface area contributed by atoms with Crippen LogP contribution in [0.15, 0.2) is 42.5 Å². The molecular formula is C23H32N2O3. The largest absolute Gasteiger partial charge is 0.493 e. The van der Waals surface area contributed by atoms with Gasteiger partial charge in [-0.2, -0.15) is 0 Å². The van der Waals surface area contributed by atoms with Gasteiger partial charge in [-0.1, -0.05) is 30.3 Å². The highest BCUT2D eigenvalue weighted by Gasteiger charge is 2.22. The smallest absolute Gasteiger partial charge is 0.203 e. The molecule has 0 bridgehead atoms. The molecule has 1 heterocycles. The molecule has 2 aromatic rings. The minimum atomic E-state index is 0.471. The SMILES string of the molecule is COc1cc(CCN2CCN([C@@H](C)c3ccccc3)CC2)cc(OC)c1OC. The zero-order valence-electron chi connectivity index (χ0n) is 17.5. The van der Waals surface area contributed by atoms with E-state index in [4.69, 9.17) is 14.2 Å². The third-order valence-electron chi connectivity index (χ3n) is 5.68. The van der Waals surface area contributed by atoms with E-state index in [1.54, 1.807) is 21.3 Å². The molecule has 1 aliphatic heterocycles. The maximum Gasteiger partial charge on any atom is 0.203 e. The fourth-order valence-corrected chi connectivity index (χ4v) is 3.88. The predicted molar refractivity (Wildman–Crippen MR) is 113 cm³/mol. The van der Waals surface area contributed by atoms with Crippen molar-refractivity contribution in [2.24, 2.45) is 0 Å². The number of ether oxygens (including phenoxy) is 3. The van der Waals surface area contributed by atoms with Gasteiger partial charge in [0, 0.05) is 38.8 Å². The lowest BCUT2D eigenvalue weighted by Gasteiger charge is -2.38. The Morgan fingerprint density at radius 3 is 2.00 bits per heavy atom. The maximum absolute atomic E-state index is 5.47. The average molecular weight is 385 g/mol.